The summed E-state index contributed by atoms with van der Waals surface area (Å²) in [6.45, 7) is 6.51. The fraction of sp³-hybridized carbons (Fsp3) is 0.611. The zero-order valence-corrected chi connectivity index (χ0v) is 18.2. The van der Waals surface area contributed by atoms with Crippen LogP contribution in [0.15, 0.2) is 22.0 Å². The molecule has 0 radical (unpaired) electrons. The first-order valence-electron chi connectivity index (χ1n) is 8.59. The lowest BCUT2D eigenvalue weighted by atomic mass is 10.1. The van der Waals surface area contributed by atoms with Crippen molar-refractivity contribution in [3.8, 4) is 0 Å². The SMILES string of the molecule is Cc1ccsc1CN(C(=O)[C@@H]1[C@@H](C=C(Cl)Cl)C1(C)C)[C@@H]1CCS(=O)(=O)C1. The highest BCUT2D eigenvalue weighted by Crippen LogP contribution is 2.60. The molecule has 144 valence electrons. The molecular weight excluding hydrogens is 413 g/mol. The molecule has 0 unspecified atom stereocenters. The van der Waals surface area contributed by atoms with Crippen molar-refractivity contribution in [3.05, 3.63) is 32.5 Å². The summed E-state index contributed by atoms with van der Waals surface area (Å²) in [6, 6.07) is 1.76. The lowest BCUT2D eigenvalue weighted by Crippen LogP contribution is -2.42. The van der Waals surface area contributed by atoms with Crippen LogP contribution in [0, 0.1) is 24.2 Å². The summed E-state index contributed by atoms with van der Waals surface area (Å²) >= 11 is 13.2. The summed E-state index contributed by atoms with van der Waals surface area (Å²) < 4.78 is 24.1. The van der Waals surface area contributed by atoms with E-state index in [0.29, 0.717) is 13.0 Å². The van der Waals surface area contributed by atoms with Crippen molar-refractivity contribution in [2.24, 2.45) is 17.3 Å². The number of thiophene rings is 1. The fourth-order valence-corrected chi connectivity index (χ4v) is 6.81. The molecule has 1 saturated heterocycles. The number of amides is 1. The molecule has 1 aromatic heterocycles. The maximum Gasteiger partial charge on any atom is 0.227 e. The van der Waals surface area contributed by atoms with E-state index in [-0.39, 0.29) is 45.2 Å². The molecule has 1 aromatic rings. The van der Waals surface area contributed by atoms with Crippen molar-refractivity contribution in [3.63, 3.8) is 0 Å². The first-order valence-corrected chi connectivity index (χ1v) is 12.1. The fourth-order valence-electron chi connectivity index (χ4n) is 3.90. The Labute approximate surface area is 169 Å². The van der Waals surface area contributed by atoms with Gasteiger partial charge in [0.1, 0.15) is 4.49 Å². The van der Waals surface area contributed by atoms with Crippen molar-refractivity contribution in [2.45, 2.75) is 39.8 Å². The molecule has 2 fully saturated rings. The van der Waals surface area contributed by atoms with Gasteiger partial charge in [-0.1, -0.05) is 37.0 Å². The Kier molecular flexibility index (Phi) is 5.52. The molecule has 1 saturated carbocycles. The lowest BCUT2D eigenvalue weighted by molar-refractivity contribution is -0.136. The topological polar surface area (TPSA) is 54.5 Å². The van der Waals surface area contributed by atoms with Gasteiger partial charge in [0.15, 0.2) is 9.84 Å². The maximum absolute atomic E-state index is 13.4. The molecule has 26 heavy (non-hydrogen) atoms. The third-order valence-corrected chi connectivity index (χ3v) is 8.71. The van der Waals surface area contributed by atoms with Gasteiger partial charge < -0.3 is 4.90 Å². The number of allylic oxidation sites excluding steroid dienone is 1. The Bertz CT molecular complexity index is 840. The summed E-state index contributed by atoms with van der Waals surface area (Å²) in [5, 5.41) is 2.00. The van der Waals surface area contributed by atoms with Crippen LogP contribution >= 0.6 is 34.5 Å². The van der Waals surface area contributed by atoms with Crippen LogP contribution in [0.2, 0.25) is 0 Å². The van der Waals surface area contributed by atoms with Crippen LogP contribution in [0.4, 0.5) is 0 Å². The molecule has 8 heteroatoms. The van der Waals surface area contributed by atoms with Gasteiger partial charge in [-0.25, -0.2) is 8.42 Å². The molecular formula is C18H23Cl2NO3S2. The number of halogens is 2. The van der Waals surface area contributed by atoms with E-state index >= 15 is 0 Å². The highest BCUT2D eigenvalue weighted by molar-refractivity contribution is 7.91. The molecule has 1 aliphatic heterocycles. The highest BCUT2D eigenvalue weighted by atomic mass is 35.5. The second-order valence-electron chi connectivity index (χ2n) is 7.83. The average Bonchev–Trinajstić information content (AvgIpc) is 2.83. The Morgan fingerprint density at radius 2 is 2.12 bits per heavy atom. The predicted molar refractivity (Wildman–Crippen MR) is 107 cm³/mol. The van der Waals surface area contributed by atoms with Crippen molar-refractivity contribution in [1.82, 2.24) is 4.90 Å². The minimum Gasteiger partial charge on any atom is -0.333 e. The molecule has 0 N–H and O–H groups in total. The molecule has 1 aliphatic carbocycles. The Morgan fingerprint density at radius 3 is 2.62 bits per heavy atom. The van der Waals surface area contributed by atoms with Gasteiger partial charge in [-0.05, 0) is 47.8 Å². The first kappa shape index (κ1) is 20.2. The number of sulfone groups is 1. The number of nitrogens with zero attached hydrogens (tertiary/aromatic N) is 1. The van der Waals surface area contributed by atoms with E-state index in [2.05, 4.69) is 0 Å². The van der Waals surface area contributed by atoms with Crippen LogP contribution in [-0.2, 0) is 21.2 Å². The summed E-state index contributed by atoms with van der Waals surface area (Å²) in [7, 11) is -3.07. The summed E-state index contributed by atoms with van der Waals surface area (Å²) in [6.07, 6.45) is 2.23. The molecule has 3 atom stereocenters. The molecule has 1 amide bonds. The van der Waals surface area contributed by atoms with E-state index in [1.54, 1.807) is 22.3 Å². The Morgan fingerprint density at radius 1 is 1.42 bits per heavy atom. The van der Waals surface area contributed by atoms with E-state index < -0.39 is 9.84 Å². The summed E-state index contributed by atoms with van der Waals surface area (Å²) in [5.41, 5.74) is 0.899. The highest BCUT2D eigenvalue weighted by Gasteiger charge is 2.62. The Hall–Kier alpha value is -0.560. The van der Waals surface area contributed by atoms with Gasteiger partial charge in [0.2, 0.25) is 5.91 Å². The normalized spacial score (nSPS) is 28.6. The lowest BCUT2D eigenvalue weighted by Gasteiger charge is -2.29. The summed E-state index contributed by atoms with van der Waals surface area (Å²) in [5.74, 6) is -0.0488. The van der Waals surface area contributed by atoms with E-state index in [1.165, 1.54) is 0 Å². The quantitative estimate of drug-likeness (QED) is 0.697. The minimum absolute atomic E-state index is 0.000679. The van der Waals surface area contributed by atoms with Crippen molar-refractivity contribution in [1.29, 1.82) is 0 Å². The number of hydrogen-bond acceptors (Lipinski definition) is 4. The van der Waals surface area contributed by atoms with Crippen LogP contribution in [0.5, 0.6) is 0 Å². The van der Waals surface area contributed by atoms with Gasteiger partial charge in [0.05, 0.1) is 24.0 Å². The van der Waals surface area contributed by atoms with Crippen molar-refractivity contribution in [2.75, 3.05) is 11.5 Å². The van der Waals surface area contributed by atoms with Crippen LogP contribution in [-0.4, -0.2) is 36.8 Å². The molecule has 2 aliphatic rings. The smallest absolute Gasteiger partial charge is 0.227 e. The Balaban J connectivity index is 1.87. The third kappa shape index (κ3) is 3.98. The molecule has 0 spiro atoms. The molecule has 3 rings (SSSR count). The van der Waals surface area contributed by atoms with E-state index in [0.717, 1.165) is 10.4 Å². The average molecular weight is 436 g/mol. The van der Waals surface area contributed by atoms with E-state index in [1.807, 2.05) is 32.2 Å². The van der Waals surface area contributed by atoms with Crippen LogP contribution < -0.4 is 0 Å². The largest absolute Gasteiger partial charge is 0.333 e. The minimum atomic E-state index is -3.07. The van der Waals surface area contributed by atoms with Crippen molar-refractivity contribution >= 4 is 50.3 Å². The van der Waals surface area contributed by atoms with Gasteiger partial charge >= 0.3 is 0 Å². The second-order valence-corrected chi connectivity index (χ2v) is 12.1. The van der Waals surface area contributed by atoms with E-state index in [9.17, 15) is 13.2 Å². The van der Waals surface area contributed by atoms with Gasteiger partial charge in [-0.15, -0.1) is 11.3 Å². The van der Waals surface area contributed by atoms with Crippen LogP contribution in [0.25, 0.3) is 0 Å². The molecule has 4 nitrogen and oxygen atoms in total. The molecule has 0 bridgehead atoms. The standard InChI is InChI=1S/C18H23Cl2NO3S2/c1-11-4-6-25-14(11)9-21(12-5-7-26(23,24)10-12)17(22)16-13(8-15(19)20)18(16,2)3/h4,6,8,12-13,16H,5,7,9-10H2,1-3H3/t12-,13-,16+/m1/s1. The zero-order chi connectivity index (χ0) is 19.3. The zero-order valence-electron chi connectivity index (χ0n) is 15.0. The first-order chi connectivity index (χ1) is 12.0. The van der Waals surface area contributed by atoms with Gasteiger partial charge in [-0.3, -0.25) is 4.79 Å². The number of hydrogen-bond donors (Lipinski definition) is 0. The molecule has 0 aromatic carbocycles. The van der Waals surface area contributed by atoms with E-state index in [4.69, 9.17) is 23.2 Å². The van der Waals surface area contributed by atoms with Crippen LogP contribution in [0.3, 0.4) is 0 Å². The van der Waals surface area contributed by atoms with Gasteiger partial charge in [0.25, 0.3) is 0 Å². The third-order valence-electron chi connectivity index (χ3n) is 5.70. The number of rotatable bonds is 5. The monoisotopic (exact) mass is 435 g/mol. The summed E-state index contributed by atoms with van der Waals surface area (Å²) in [4.78, 5) is 16.3. The number of carbonyl (C=O) groups is 1. The van der Waals surface area contributed by atoms with Gasteiger partial charge in [0, 0.05) is 10.9 Å². The van der Waals surface area contributed by atoms with Gasteiger partial charge in [-0.2, -0.15) is 0 Å². The predicted octanol–water partition coefficient (Wildman–Crippen LogP) is 4.16. The maximum atomic E-state index is 13.4. The number of aryl methyl sites for hydroxylation is 1. The molecule has 2 heterocycles. The van der Waals surface area contributed by atoms with Crippen LogP contribution in [0.1, 0.15) is 30.7 Å². The number of carbonyl (C=O) groups excluding carboxylic acids is 1. The van der Waals surface area contributed by atoms with Crippen molar-refractivity contribution < 1.29 is 13.2 Å². The second kappa shape index (κ2) is 7.12.